The summed E-state index contributed by atoms with van der Waals surface area (Å²) in [6, 6.07) is 3.90. The smallest absolute Gasteiger partial charge is 0.306 e. The molecule has 2 aliphatic carbocycles. The normalized spacial score (nSPS) is 25.4. The maximum atomic E-state index is 12.5. The quantitative estimate of drug-likeness (QED) is 0.702. The lowest BCUT2D eigenvalue weighted by Gasteiger charge is -2.29. The number of hydrogen-bond acceptors (Lipinski definition) is 5. The Kier molecular flexibility index (Phi) is 5.47. The Morgan fingerprint density at radius 3 is 2.46 bits per heavy atom. The van der Waals surface area contributed by atoms with Crippen molar-refractivity contribution in [3.63, 3.8) is 0 Å². The fraction of sp³-hybridized carbons (Fsp3) is 0.636. The first-order valence-corrected chi connectivity index (χ1v) is 10.2. The summed E-state index contributed by atoms with van der Waals surface area (Å²) in [6.45, 7) is 0.950. The van der Waals surface area contributed by atoms with E-state index in [1.165, 1.54) is 19.3 Å². The number of carbonyl (C=O) groups excluding carboxylic acids is 2. The summed E-state index contributed by atoms with van der Waals surface area (Å²) in [5.74, 6) is 2.97. The molecule has 0 N–H and O–H groups in total. The predicted molar refractivity (Wildman–Crippen MR) is 103 cm³/mol. The standard InChI is InChI=1S/C22H29NO5/c1-26-19-9-16-5-6-23(12-18(16)10-20(19)27-2)21(24)13-28-22(25)11-17-8-14-3-4-15(17)7-14/h9-10,14-15,17H,3-8,11-13H2,1-2H3/t14-,15-,17-/m1/s1. The molecular formula is C22H29NO5. The van der Waals surface area contributed by atoms with Gasteiger partial charge in [0.05, 0.1) is 14.2 Å². The van der Waals surface area contributed by atoms with Crippen molar-refractivity contribution >= 4 is 11.9 Å². The number of hydrogen-bond donors (Lipinski definition) is 0. The summed E-state index contributed by atoms with van der Waals surface area (Å²) in [4.78, 5) is 26.5. The molecule has 0 radical (unpaired) electrons. The summed E-state index contributed by atoms with van der Waals surface area (Å²) in [5.41, 5.74) is 2.21. The maximum Gasteiger partial charge on any atom is 0.306 e. The van der Waals surface area contributed by atoms with Gasteiger partial charge in [0.25, 0.3) is 5.91 Å². The fourth-order valence-corrected chi connectivity index (χ4v) is 5.23. The van der Waals surface area contributed by atoms with Crippen LogP contribution in [-0.2, 0) is 27.3 Å². The van der Waals surface area contributed by atoms with Crippen LogP contribution in [0, 0.1) is 17.8 Å². The lowest BCUT2D eigenvalue weighted by molar-refractivity contribution is -0.153. The molecule has 1 aliphatic heterocycles. The van der Waals surface area contributed by atoms with E-state index >= 15 is 0 Å². The van der Waals surface area contributed by atoms with Gasteiger partial charge in [-0.25, -0.2) is 0 Å². The Balaban J connectivity index is 1.29. The average Bonchev–Trinajstić information content (AvgIpc) is 3.33. The summed E-state index contributed by atoms with van der Waals surface area (Å²) in [7, 11) is 3.22. The Labute approximate surface area is 166 Å². The number of esters is 1. The van der Waals surface area contributed by atoms with Crippen molar-refractivity contribution in [3.05, 3.63) is 23.3 Å². The van der Waals surface area contributed by atoms with Gasteiger partial charge in [-0.2, -0.15) is 0 Å². The molecule has 0 saturated heterocycles. The van der Waals surface area contributed by atoms with Crippen LogP contribution in [0.2, 0.25) is 0 Å². The van der Waals surface area contributed by atoms with Gasteiger partial charge in [-0.1, -0.05) is 6.42 Å². The van der Waals surface area contributed by atoms with Crippen LogP contribution in [0.1, 0.15) is 43.2 Å². The first kappa shape index (κ1) is 19.1. The van der Waals surface area contributed by atoms with E-state index in [0.29, 0.717) is 42.8 Å². The van der Waals surface area contributed by atoms with Crippen molar-refractivity contribution in [2.75, 3.05) is 27.4 Å². The van der Waals surface area contributed by atoms with Crippen LogP contribution in [0.5, 0.6) is 11.5 Å². The van der Waals surface area contributed by atoms with Crippen molar-refractivity contribution in [3.8, 4) is 11.5 Å². The van der Waals surface area contributed by atoms with E-state index in [1.807, 2.05) is 12.1 Å². The van der Waals surface area contributed by atoms with E-state index in [0.717, 1.165) is 29.9 Å². The second-order valence-corrected chi connectivity index (χ2v) is 8.34. The molecule has 1 amide bonds. The van der Waals surface area contributed by atoms with Gasteiger partial charge in [0.15, 0.2) is 18.1 Å². The first-order chi connectivity index (χ1) is 13.6. The monoisotopic (exact) mass is 387 g/mol. The molecule has 4 rings (SSSR count). The molecule has 2 saturated carbocycles. The highest BCUT2D eigenvalue weighted by molar-refractivity contribution is 5.81. The molecule has 152 valence electrons. The van der Waals surface area contributed by atoms with Crippen LogP contribution in [0.3, 0.4) is 0 Å². The third-order valence-electron chi connectivity index (χ3n) is 6.74. The molecule has 2 bridgehead atoms. The number of ether oxygens (including phenoxy) is 3. The highest BCUT2D eigenvalue weighted by Gasteiger charge is 2.40. The van der Waals surface area contributed by atoms with Gasteiger partial charge in [0.2, 0.25) is 0 Å². The molecule has 3 aliphatic rings. The largest absolute Gasteiger partial charge is 0.493 e. The van der Waals surface area contributed by atoms with Gasteiger partial charge >= 0.3 is 5.97 Å². The Morgan fingerprint density at radius 1 is 1.07 bits per heavy atom. The molecule has 0 aromatic heterocycles. The van der Waals surface area contributed by atoms with Crippen LogP contribution in [0.15, 0.2) is 12.1 Å². The number of fused-ring (bicyclic) bond motifs is 3. The number of amides is 1. The summed E-state index contributed by atoms with van der Waals surface area (Å²) >= 11 is 0. The second-order valence-electron chi connectivity index (χ2n) is 8.34. The van der Waals surface area contributed by atoms with Gasteiger partial charge in [0, 0.05) is 19.5 Å². The highest BCUT2D eigenvalue weighted by Crippen LogP contribution is 2.49. The van der Waals surface area contributed by atoms with E-state index < -0.39 is 0 Å². The lowest BCUT2D eigenvalue weighted by atomic mass is 9.86. The van der Waals surface area contributed by atoms with E-state index in [4.69, 9.17) is 14.2 Å². The Hall–Kier alpha value is -2.24. The zero-order chi connectivity index (χ0) is 19.7. The molecule has 3 atom stereocenters. The van der Waals surface area contributed by atoms with Crippen LogP contribution >= 0.6 is 0 Å². The van der Waals surface area contributed by atoms with Gasteiger partial charge < -0.3 is 19.1 Å². The minimum atomic E-state index is -0.227. The zero-order valence-electron chi connectivity index (χ0n) is 16.7. The van der Waals surface area contributed by atoms with Crippen LogP contribution in [-0.4, -0.2) is 44.1 Å². The number of carbonyl (C=O) groups is 2. The van der Waals surface area contributed by atoms with Gasteiger partial charge in [0.1, 0.15) is 0 Å². The topological polar surface area (TPSA) is 65.1 Å². The Morgan fingerprint density at radius 2 is 1.82 bits per heavy atom. The maximum absolute atomic E-state index is 12.5. The first-order valence-electron chi connectivity index (χ1n) is 10.2. The van der Waals surface area contributed by atoms with Crippen molar-refractivity contribution in [1.29, 1.82) is 0 Å². The molecule has 6 heteroatoms. The summed E-state index contributed by atoms with van der Waals surface area (Å²) in [5, 5.41) is 0. The van der Waals surface area contributed by atoms with E-state index in [-0.39, 0.29) is 18.5 Å². The molecule has 1 aromatic carbocycles. The molecule has 0 spiro atoms. The molecular weight excluding hydrogens is 358 g/mol. The predicted octanol–water partition coefficient (Wildman–Crippen LogP) is 2.96. The van der Waals surface area contributed by atoms with Crippen LogP contribution in [0.25, 0.3) is 0 Å². The van der Waals surface area contributed by atoms with Crippen molar-refractivity contribution in [2.45, 2.75) is 45.1 Å². The molecule has 28 heavy (non-hydrogen) atoms. The average molecular weight is 387 g/mol. The SMILES string of the molecule is COc1cc2c(cc1OC)CN(C(=O)COC(=O)C[C@H]1C[C@@H]3CC[C@@H]1C3)CC2. The van der Waals surface area contributed by atoms with E-state index in [9.17, 15) is 9.59 Å². The van der Waals surface area contributed by atoms with Gasteiger partial charge in [-0.15, -0.1) is 0 Å². The molecule has 1 aromatic rings. The minimum Gasteiger partial charge on any atom is -0.493 e. The van der Waals surface area contributed by atoms with Crippen molar-refractivity contribution in [2.24, 2.45) is 17.8 Å². The number of benzene rings is 1. The number of rotatable bonds is 6. The van der Waals surface area contributed by atoms with Crippen molar-refractivity contribution < 1.29 is 23.8 Å². The van der Waals surface area contributed by atoms with Crippen molar-refractivity contribution in [1.82, 2.24) is 4.90 Å². The summed E-state index contributed by atoms with van der Waals surface area (Å²) in [6.07, 6.45) is 6.22. The number of nitrogens with zero attached hydrogens (tertiary/aromatic N) is 1. The third kappa shape index (κ3) is 3.82. The summed E-state index contributed by atoms with van der Waals surface area (Å²) < 4.78 is 16.0. The van der Waals surface area contributed by atoms with Gasteiger partial charge in [-0.3, -0.25) is 9.59 Å². The lowest BCUT2D eigenvalue weighted by Crippen LogP contribution is -2.38. The molecule has 0 unspecified atom stereocenters. The van der Waals surface area contributed by atoms with Crippen LogP contribution < -0.4 is 9.47 Å². The van der Waals surface area contributed by atoms with Gasteiger partial charge in [-0.05, 0) is 66.7 Å². The highest BCUT2D eigenvalue weighted by atomic mass is 16.5. The number of methoxy groups -OCH3 is 2. The van der Waals surface area contributed by atoms with Crippen LogP contribution in [0.4, 0.5) is 0 Å². The van der Waals surface area contributed by atoms with E-state index in [2.05, 4.69) is 0 Å². The minimum absolute atomic E-state index is 0.137. The van der Waals surface area contributed by atoms with E-state index in [1.54, 1.807) is 19.1 Å². The Bertz CT molecular complexity index is 762. The zero-order valence-corrected chi connectivity index (χ0v) is 16.7. The fourth-order valence-electron chi connectivity index (χ4n) is 5.23. The second kappa shape index (κ2) is 8.02. The molecule has 2 fully saturated rings. The third-order valence-corrected chi connectivity index (χ3v) is 6.74. The molecule has 1 heterocycles. The molecule has 6 nitrogen and oxygen atoms in total.